The second kappa shape index (κ2) is 12.5. The highest BCUT2D eigenvalue weighted by atomic mass is 32.2. The normalized spacial score (nSPS) is 38.7. The number of ketones is 1. The maximum Gasteiger partial charge on any atom is 0.316 e. The van der Waals surface area contributed by atoms with Gasteiger partial charge in [0.2, 0.25) is 5.95 Å². The lowest BCUT2D eigenvalue weighted by Gasteiger charge is -2.61. The molecule has 2 N–H and O–H groups in total. The zero-order chi connectivity index (χ0) is 30.1. The third kappa shape index (κ3) is 5.74. The van der Waals surface area contributed by atoms with E-state index in [4.69, 9.17) is 9.47 Å². The number of aromatic nitrogens is 3. The highest BCUT2D eigenvalue weighted by Crippen LogP contribution is 2.68. The minimum Gasteiger partial charge on any atom is -0.461 e. The number of rotatable bonds is 9. The van der Waals surface area contributed by atoms with Crippen molar-refractivity contribution in [1.29, 1.82) is 0 Å². The van der Waals surface area contributed by atoms with Crippen LogP contribution in [-0.4, -0.2) is 94.1 Å². The van der Waals surface area contributed by atoms with Crippen LogP contribution in [0.3, 0.4) is 0 Å². The summed E-state index contributed by atoms with van der Waals surface area (Å²) in [4.78, 5) is 42.3. The van der Waals surface area contributed by atoms with E-state index in [1.807, 2.05) is 13.0 Å². The van der Waals surface area contributed by atoms with Crippen LogP contribution in [0.15, 0.2) is 24.1 Å². The van der Waals surface area contributed by atoms with Gasteiger partial charge in [-0.15, -0.1) is 6.58 Å². The highest BCUT2D eigenvalue weighted by molar-refractivity contribution is 7.99. The molecule has 4 fully saturated rings. The van der Waals surface area contributed by atoms with E-state index in [2.05, 4.69) is 52.5 Å². The molecule has 0 aromatic carbocycles. The standard InChI is InChI=1S/C31H47N5O5S/c1-6-29(4)17-23(30(5)20(2)7-9-31(21(3)26(29)39)10-8-22(37)25(30)31)41-24(38)18-42-28-34-19-33-27(35-28)32-11-12-36-13-15-40-16-14-36/h6,19-21,23,25-26,39H,1,7-18H2,2-5H3,(H,32,33,34,35)/t20-,21+,23-,25+,26+,29-,30+,31+/m1/s1. The van der Waals surface area contributed by atoms with E-state index in [9.17, 15) is 14.7 Å². The molecule has 8 atom stereocenters. The predicted octanol–water partition coefficient (Wildman–Crippen LogP) is 3.61. The van der Waals surface area contributed by atoms with E-state index < -0.39 is 23.0 Å². The number of nitrogens with zero attached hydrogens (tertiary/aromatic N) is 4. The van der Waals surface area contributed by atoms with E-state index in [1.165, 1.54) is 18.1 Å². The molecule has 4 aliphatic rings. The van der Waals surface area contributed by atoms with Gasteiger partial charge in [0.05, 0.1) is 25.1 Å². The summed E-state index contributed by atoms with van der Waals surface area (Å²) in [5.74, 6) is 0.264. The fourth-order valence-electron chi connectivity index (χ4n) is 8.40. The van der Waals surface area contributed by atoms with Gasteiger partial charge in [-0.25, -0.2) is 9.97 Å². The molecule has 5 rings (SSSR count). The number of esters is 1. The van der Waals surface area contributed by atoms with Crippen molar-refractivity contribution in [2.75, 3.05) is 50.5 Å². The lowest BCUT2D eigenvalue weighted by Crippen LogP contribution is -2.63. The van der Waals surface area contributed by atoms with E-state index in [0.717, 1.165) is 52.1 Å². The number of anilines is 1. The van der Waals surface area contributed by atoms with Gasteiger partial charge in [0.1, 0.15) is 18.2 Å². The summed E-state index contributed by atoms with van der Waals surface area (Å²) in [7, 11) is 0. The first kappa shape index (κ1) is 31.3. The van der Waals surface area contributed by atoms with Crippen LogP contribution in [0.2, 0.25) is 0 Å². The third-order valence-electron chi connectivity index (χ3n) is 11.3. The van der Waals surface area contributed by atoms with Gasteiger partial charge in [0, 0.05) is 49.3 Å². The lowest BCUT2D eigenvalue weighted by molar-refractivity contribution is -0.205. The molecular weight excluding hydrogens is 554 g/mol. The monoisotopic (exact) mass is 601 g/mol. The van der Waals surface area contributed by atoms with Crippen molar-refractivity contribution in [1.82, 2.24) is 19.9 Å². The van der Waals surface area contributed by atoms with E-state index >= 15 is 0 Å². The average molecular weight is 602 g/mol. The predicted molar refractivity (Wildman–Crippen MR) is 161 cm³/mol. The Labute approximate surface area is 253 Å². The van der Waals surface area contributed by atoms with Gasteiger partial charge in [-0.2, -0.15) is 4.98 Å². The minimum absolute atomic E-state index is 0.0334. The van der Waals surface area contributed by atoms with Gasteiger partial charge in [0.25, 0.3) is 0 Å². The lowest BCUT2D eigenvalue weighted by atomic mass is 9.44. The van der Waals surface area contributed by atoms with E-state index in [1.54, 1.807) is 0 Å². The Morgan fingerprint density at radius 1 is 1.29 bits per heavy atom. The van der Waals surface area contributed by atoms with Crippen LogP contribution >= 0.6 is 11.8 Å². The number of ether oxygens (including phenoxy) is 2. The van der Waals surface area contributed by atoms with Crippen molar-refractivity contribution < 1.29 is 24.2 Å². The number of nitrogens with one attached hydrogen (secondary N) is 1. The Morgan fingerprint density at radius 3 is 2.79 bits per heavy atom. The zero-order valence-corrected chi connectivity index (χ0v) is 26.3. The van der Waals surface area contributed by atoms with Gasteiger partial charge >= 0.3 is 5.97 Å². The van der Waals surface area contributed by atoms with Crippen molar-refractivity contribution >= 4 is 29.5 Å². The molecule has 11 heteroatoms. The topological polar surface area (TPSA) is 127 Å². The average Bonchev–Trinajstić information content (AvgIpc) is 3.35. The summed E-state index contributed by atoms with van der Waals surface area (Å²) >= 11 is 1.21. The third-order valence-corrected chi connectivity index (χ3v) is 12.1. The van der Waals surface area contributed by atoms with Gasteiger partial charge in [-0.05, 0) is 42.9 Å². The molecule has 10 nitrogen and oxygen atoms in total. The second-order valence-corrected chi connectivity index (χ2v) is 14.3. The Hall–Kier alpha value is -2.08. The first-order valence-corrected chi connectivity index (χ1v) is 16.4. The van der Waals surface area contributed by atoms with Crippen molar-refractivity contribution in [3.63, 3.8) is 0 Å². The Morgan fingerprint density at radius 2 is 2.05 bits per heavy atom. The molecule has 232 valence electrons. The molecular formula is C31H47N5O5S. The minimum atomic E-state index is -0.684. The van der Waals surface area contributed by atoms with Crippen LogP contribution in [0.1, 0.15) is 59.8 Å². The van der Waals surface area contributed by atoms with Crippen LogP contribution < -0.4 is 5.32 Å². The number of carbonyl (C=O) groups is 2. The number of Topliss-reactive ketones (excluding diaryl/α,β-unsaturated/α-hetero) is 1. The summed E-state index contributed by atoms with van der Waals surface area (Å²) in [6.45, 7) is 17.5. The zero-order valence-electron chi connectivity index (χ0n) is 25.5. The molecule has 42 heavy (non-hydrogen) atoms. The van der Waals surface area contributed by atoms with Gasteiger partial charge in [-0.3, -0.25) is 14.5 Å². The van der Waals surface area contributed by atoms with Crippen LogP contribution in [0.5, 0.6) is 0 Å². The van der Waals surface area contributed by atoms with E-state index in [-0.39, 0.29) is 40.7 Å². The fraction of sp³-hybridized carbons (Fsp3) is 0.774. The molecule has 2 heterocycles. The smallest absolute Gasteiger partial charge is 0.316 e. The van der Waals surface area contributed by atoms with Gasteiger partial charge in [-0.1, -0.05) is 45.5 Å². The SMILES string of the molecule is C=C[C@]1(C)C[C@@H](OC(=O)CSc2ncnc(NCCN3CCOCC3)n2)[C@]2(C)[C@H](C)CC[C@]3(CCC(=O)[C@H]32)[C@@H](C)[C@@H]1O. The number of hydrogen-bond acceptors (Lipinski definition) is 11. The first-order chi connectivity index (χ1) is 20.0. The number of aliphatic hydroxyl groups is 1. The first-order valence-electron chi connectivity index (χ1n) is 15.4. The molecule has 2 bridgehead atoms. The summed E-state index contributed by atoms with van der Waals surface area (Å²) in [6.07, 6.45) is 5.62. The Kier molecular flexibility index (Phi) is 9.33. The number of morpholine rings is 1. The van der Waals surface area contributed by atoms with Crippen LogP contribution in [-0.2, 0) is 19.1 Å². The molecule has 1 aromatic heterocycles. The largest absolute Gasteiger partial charge is 0.461 e. The second-order valence-electron chi connectivity index (χ2n) is 13.3. The Balaban J connectivity index is 1.28. The number of thioether (sulfide) groups is 1. The maximum absolute atomic E-state index is 13.6. The summed E-state index contributed by atoms with van der Waals surface area (Å²) in [5, 5.41) is 15.4. The molecule has 0 radical (unpaired) electrons. The molecule has 0 spiro atoms. The van der Waals surface area contributed by atoms with Gasteiger partial charge < -0.3 is 19.9 Å². The number of carbonyl (C=O) groups excluding carboxylic acids is 2. The number of aliphatic hydroxyl groups excluding tert-OH is 1. The van der Waals surface area contributed by atoms with Crippen molar-refractivity contribution in [3.8, 4) is 0 Å². The molecule has 1 aliphatic heterocycles. The molecule has 0 amide bonds. The Bertz CT molecular complexity index is 1170. The molecule has 3 aliphatic carbocycles. The maximum atomic E-state index is 13.6. The molecule has 3 saturated carbocycles. The molecule has 1 saturated heterocycles. The quantitative estimate of drug-likeness (QED) is 0.245. The summed E-state index contributed by atoms with van der Waals surface area (Å²) < 4.78 is 11.7. The van der Waals surface area contributed by atoms with Crippen LogP contribution in [0.25, 0.3) is 0 Å². The fourth-order valence-corrected chi connectivity index (χ4v) is 8.99. The molecule has 0 unspecified atom stereocenters. The van der Waals surface area contributed by atoms with Crippen molar-refractivity contribution in [3.05, 3.63) is 19.0 Å². The number of hydrogen-bond donors (Lipinski definition) is 2. The van der Waals surface area contributed by atoms with Crippen LogP contribution in [0, 0.1) is 34.0 Å². The van der Waals surface area contributed by atoms with Crippen LogP contribution in [0.4, 0.5) is 5.95 Å². The molecule has 1 aromatic rings. The highest BCUT2D eigenvalue weighted by Gasteiger charge is 2.68. The van der Waals surface area contributed by atoms with Crippen molar-refractivity contribution in [2.45, 2.75) is 77.2 Å². The van der Waals surface area contributed by atoms with Crippen molar-refractivity contribution in [2.24, 2.45) is 34.0 Å². The summed E-state index contributed by atoms with van der Waals surface area (Å²) in [6, 6.07) is 0. The van der Waals surface area contributed by atoms with E-state index in [0.29, 0.717) is 30.5 Å². The summed E-state index contributed by atoms with van der Waals surface area (Å²) in [5.41, 5.74) is -1.48. The van der Waals surface area contributed by atoms with Gasteiger partial charge in [0.15, 0.2) is 5.16 Å².